The van der Waals surface area contributed by atoms with Gasteiger partial charge >= 0.3 is 6.09 Å². The smallest absolute Gasteiger partial charge is 0.408 e. The molecular weight excluding hydrogens is 352 g/mol. The zero-order chi connectivity index (χ0) is 19.1. The first-order chi connectivity index (χ1) is 12.2. The highest BCUT2D eigenvalue weighted by molar-refractivity contribution is 8.00. The molecular formula is C19H22N2O4S. The van der Waals surface area contributed by atoms with Crippen molar-refractivity contribution in [3.8, 4) is 0 Å². The van der Waals surface area contributed by atoms with Crippen LogP contribution >= 0.6 is 11.8 Å². The van der Waals surface area contributed by atoms with Crippen molar-refractivity contribution in [2.45, 2.75) is 44.7 Å². The summed E-state index contributed by atoms with van der Waals surface area (Å²) < 4.78 is 5.23. The van der Waals surface area contributed by atoms with Crippen LogP contribution in [0.15, 0.2) is 41.6 Å². The second kappa shape index (κ2) is 6.79. The molecule has 7 heteroatoms. The molecule has 0 aliphatic carbocycles. The molecule has 0 radical (unpaired) electrons. The summed E-state index contributed by atoms with van der Waals surface area (Å²) >= 11 is 1.53. The number of ketones is 1. The fourth-order valence-electron chi connectivity index (χ4n) is 2.95. The molecule has 2 aliphatic heterocycles. The maximum absolute atomic E-state index is 12.9. The Hall–Kier alpha value is -2.28. The molecule has 1 N–H and O–H groups in total. The van der Waals surface area contributed by atoms with E-state index in [4.69, 9.17) is 4.74 Å². The van der Waals surface area contributed by atoms with Gasteiger partial charge in [0.25, 0.3) is 5.91 Å². The lowest BCUT2D eigenvalue weighted by Gasteiger charge is -2.49. The van der Waals surface area contributed by atoms with Crippen LogP contribution in [0.1, 0.15) is 38.1 Å². The van der Waals surface area contributed by atoms with Crippen LogP contribution in [0.25, 0.3) is 0 Å². The van der Waals surface area contributed by atoms with Gasteiger partial charge < -0.3 is 10.1 Å². The maximum Gasteiger partial charge on any atom is 0.408 e. The molecule has 26 heavy (non-hydrogen) atoms. The average molecular weight is 374 g/mol. The number of carbonyl (C=O) groups is 3. The number of Topliss-reactive ketones (excluding diaryl/α,β-unsaturated/α-hetero) is 1. The average Bonchev–Trinajstić information content (AvgIpc) is 2.58. The molecule has 1 aromatic rings. The SMILES string of the molecule is CC1=C(C(=O)c2ccccc2)N2C(=O)C(NC(=O)OC(C)(C)C)[C@H]2SC1. The highest BCUT2D eigenvalue weighted by Crippen LogP contribution is 2.41. The third-order valence-corrected chi connectivity index (χ3v) is 5.51. The number of hydrogen-bond donors (Lipinski definition) is 1. The molecule has 0 aromatic heterocycles. The van der Waals surface area contributed by atoms with Crippen molar-refractivity contribution >= 4 is 29.5 Å². The van der Waals surface area contributed by atoms with Crippen LogP contribution in [0, 0.1) is 0 Å². The number of β-lactam (4-membered cyclic amide) rings is 1. The highest BCUT2D eigenvalue weighted by atomic mass is 32.2. The van der Waals surface area contributed by atoms with Gasteiger partial charge in [-0.05, 0) is 33.3 Å². The quantitative estimate of drug-likeness (QED) is 0.650. The molecule has 2 atom stereocenters. The van der Waals surface area contributed by atoms with Crippen molar-refractivity contribution < 1.29 is 19.1 Å². The number of nitrogens with zero attached hydrogens (tertiary/aromatic N) is 1. The molecule has 0 spiro atoms. The van der Waals surface area contributed by atoms with Crippen LogP contribution in [0.5, 0.6) is 0 Å². The first-order valence-corrected chi connectivity index (χ1v) is 9.47. The number of amides is 2. The van der Waals surface area contributed by atoms with E-state index in [1.165, 1.54) is 16.7 Å². The Morgan fingerprint density at radius 1 is 1.23 bits per heavy atom. The van der Waals surface area contributed by atoms with E-state index in [1.807, 2.05) is 13.0 Å². The first kappa shape index (κ1) is 18.5. The number of fused-ring (bicyclic) bond motifs is 1. The summed E-state index contributed by atoms with van der Waals surface area (Å²) in [6.45, 7) is 7.15. The lowest BCUT2D eigenvalue weighted by atomic mass is 9.98. The standard InChI is InChI=1S/C19H22N2O4S/c1-11-10-26-17-13(20-18(24)25-19(2,3)4)16(23)21(17)14(11)15(22)12-8-6-5-7-9-12/h5-9,13,17H,10H2,1-4H3,(H,20,24)/t13?,17-/m1/s1. The molecule has 2 heterocycles. The number of ether oxygens (including phenoxy) is 1. The largest absolute Gasteiger partial charge is 0.444 e. The van der Waals surface area contributed by atoms with Crippen LogP contribution in [-0.2, 0) is 9.53 Å². The minimum Gasteiger partial charge on any atom is -0.444 e. The fourth-order valence-corrected chi connectivity index (χ4v) is 4.25. The van der Waals surface area contributed by atoms with Crippen LogP contribution in [0.3, 0.4) is 0 Å². The number of thioether (sulfide) groups is 1. The van der Waals surface area contributed by atoms with Gasteiger partial charge in [0.1, 0.15) is 17.0 Å². The first-order valence-electron chi connectivity index (χ1n) is 8.43. The maximum atomic E-state index is 12.9. The van der Waals surface area contributed by atoms with Crippen LogP contribution in [0.2, 0.25) is 0 Å². The zero-order valence-electron chi connectivity index (χ0n) is 15.2. The number of allylic oxidation sites excluding steroid dienone is 1. The summed E-state index contributed by atoms with van der Waals surface area (Å²) in [6, 6.07) is 8.22. The lowest BCUT2D eigenvalue weighted by Crippen LogP contribution is -2.70. The number of rotatable bonds is 3. The summed E-state index contributed by atoms with van der Waals surface area (Å²) in [7, 11) is 0. The molecule has 6 nitrogen and oxygen atoms in total. The van der Waals surface area contributed by atoms with Crippen molar-refractivity contribution in [1.29, 1.82) is 0 Å². The van der Waals surface area contributed by atoms with E-state index in [2.05, 4.69) is 5.32 Å². The predicted molar refractivity (Wildman–Crippen MR) is 99.7 cm³/mol. The van der Waals surface area contributed by atoms with Crippen molar-refractivity contribution in [2.24, 2.45) is 0 Å². The van der Waals surface area contributed by atoms with Crippen LogP contribution < -0.4 is 5.32 Å². The second-order valence-corrected chi connectivity index (χ2v) is 8.46. The summed E-state index contributed by atoms with van der Waals surface area (Å²) in [6.07, 6.45) is -0.627. The Kier molecular flexibility index (Phi) is 4.84. The third kappa shape index (κ3) is 3.49. The van der Waals surface area contributed by atoms with E-state index in [9.17, 15) is 14.4 Å². The normalized spacial score (nSPS) is 22.5. The number of hydrogen-bond acceptors (Lipinski definition) is 5. The Labute approximate surface area is 157 Å². The van der Waals surface area contributed by atoms with Crippen molar-refractivity contribution in [3.63, 3.8) is 0 Å². The summed E-state index contributed by atoms with van der Waals surface area (Å²) in [5.41, 5.74) is 1.20. The highest BCUT2D eigenvalue weighted by Gasteiger charge is 2.53. The third-order valence-electron chi connectivity index (χ3n) is 4.08. The van der Waals surface area contributed by atoms with Gasteiger partial charge in [-0.1, -0.05) is 30.3 Å². The molecule has 1 fully saturated rings. The number of benzene rings is 1. The Morgan fingerprint density at radius 2 is 1.88 bits per heavy atom. The van der Waals surface area contributed by atoms with E-state index in [0.29, 0.717) is 17.0 Å². The lowest BCUT2D eigenvalue weighted by molar-refractivity contribution is -0.142. The number of carbonyl (C=O) groups excluding carboxylic acids is 3. The van der Waals surface area contributed by atoms with Crippen molar-refractivity contribution in [2.75, 3.05) is 5.75 Å². The number of alkyl carbamates (subject to hydrolysis) is 1. The van der Waals surface area contributed by atoms with Gasteiger partial charge in [-0.3, -0.25) is 14.5 Å². The molecule has 0 saturated carbocycles. The Morgan fingerprint density at radius 3 is 2.50 bits per heavy atom. The van der Waals surface area contributed by atoms with Crippen LogP contribution in [-0.4, -0.2) is 45.5 Å². The number of nitrogens with one attached hydrogen (secondary N) is 1. The van der Waals surface area contributed by atoms with Crippen molar-refractivity contribution in [3.05, 3.63) is 47.2 Å². The van der Waals surface area contributed by atoms with E-state index < -0.39 is 17.7 Å². The Bertz CT molecular complexity index is 782. The minimum atomic E-state index is -0.679. The van der Waals surface area contributed by atoms with E-state index >= 15 is 0 Å². The Balaban J connectivity index is 1.77. The van der Waals surface area contributed by atoms with Gasteiger partial charge in [-0.15, -0.1) is 11.8 Å². The van der Waals surface area contributed by atoms with Gasteiger partial charge in [-0.2, -0.15) is 0 Å². The van der Waals surface area contributed by atoms with Crippen LogP contribution in [0.4, 0.5) is 4.79 Å². The summed E-state index contributed by atoms with van der Waals surface area (Å²) in [5.74, 6) is 0.179. The molecule has 138 valence electrons. The zero-order valence-corrected chi connectivity index (χ0v) is 16.1. The molecule has 2 aliphatic rings. The minimum absolute atomic E-state index is 0.169. The second-order valence-electron chi connectivity index (χ2n) is 7.36. The molecule has 1 aromatic carbocycles. The monoisotopic (exact) mass is 374 g/mol. The van der Waals surface area contributed by atoms with Gasteiger partial charge in [0.15, 0.2) is 0 Å². The van der Waals surface area contributed by atoms with Gasteiger partial charge in [-0.25, -0.2) is 4.79 Å². The van der Waals surface area contributed by atoms with E-state index in [1.54, 1.807) is 45.0 Å². The predicted octanol–water partition coefficient (Wildman–Crippen LogP) is 2.95. The summed E-state index contributed by atoms with van der Waals surface area (Å²) in [4.78, 5) is 39.0. The molecule has 3 rings (SSSR count). The van der Waals surface area contributed by atoms with E-state index in [0.717, 1.165) is 5.57 Å². The molecule has 1 saturated heterocycles. The van der Waals surface area contributed by atoms with Gasteiger partial charge in [0.2, 0.25) is 5.78 Å². The summed E-state index contributed by atoms with van der Waals surface area (Å²) in [5, 5.41) is 2.34. The molecule has 0 bridgehead atoms. The van der Waals surface area contributed by atoms with Crippen molar-refractivity contribution in [1.82, 2.24) is 10.2 Å². The molecule has 2 amide bonds. The van der Waals surface area contributed by atoms with Gasteiger partial charge in [0.05, 0.1) is 5.70 Å². The molecule has 1 unspecified atom stereocenters. The van der Waals surface area contributed by atoms with E-state index in [-0.39, 0.29) is 17.1 Å². The topological polar surface area (TPSA) is 75.7 Å². The van der Waals surface area contributed by atoms with Gasteiger partial charge in [0, 0.05) is 11.3 Å². The fraction of sp³-hybridized carbons (Fsp3) is 0.421.